The van der Waals surface area contributed by atoms with E-state index in [2.05, 4.69) is 28.8 Å². The van der Waals surface area contributed by atoms with Crippen molar-refractivity contribution in [2.45, 2.75) is 44.4 Å². The van der Waals surface area contributed by atoms with Gasteiger partial charge in [-0.25, -0.2) is 8.42 Å². The molecule has 0 aliphatic carbocycles. The van der Waals surface area contributed by atoms with E-state index < -0.39 is 10.0 Å². The SMILES string of the molecule is Cc1ccc(NS(=O)(=O)c2cccc(C(=O)Nc3ccccc3CN3CC(C)OC(C)C3)c2)cc1. The molecule has 1 aliphatic rings. The largest absolute Gasteiger partial charge is 0.373 e. The van der Waals surface area contributed by atoms with Crippen LogP contribution in [-0.2, 0) is 21.3 Å². The normalized spacial score (nSPS) is 18.7. The van der Waals surface area contributed by atoms with Crippen LogP contribution < -0.4 is 10.0 Å². The molecule has 4 rings (SSSR count). The molecule has 3 aromatic carbocycles. The topological polar surface area (TPSA) is 87.7 Å². The van der Waals surface area contributed by atoms with Crippen LogP contribution in [0.25, 0.3) is 0 Å². The maximum absolute atomic E-state index is 13.1. The standard InChI is InChI=1S/C27H31N3O4S/c1-19-11-13-24(14-12-19)29-35(32,33)25-9-6-8-22(15-25)27(31)28-26-10-5-4-7-23(26)18-30-16-20(2)34-21(3)17-30/h4-15,20-21,29H,16-18H2,1-3H3,(H,28,31). The molecule has 2 N–H and O–H groups in total. The van der Waals surface area contributed by atoms with Crippen molar-refractivity contribution in [2.75, 3.05) is 23.1 Å². The lowest BCUT2D eigenvalue weighted by atomic mass is 10.1. The minimum absolute atomic E-state index is 0.0234. The minimum Gasteiger partial charge on any atom is -0.373 e. The van der Waals surface area contributed by atoms with Gasteiger partial charge in [-0.15, -0.1) is 0 Å². The first-order chi connectivity index (χ1) is 16.7. The Bertz CT molecular complexity index is 1280. The average Bonchev–Trinajstić information content (AvgIpc) is 2.81. The number of ether oxygens (including phenoxy) is 1. The summed E-state index contributed by atoms with van der Waals surface area (Å²) >= 11 is 0. The van der Waals surface area contributed by atoms with Gasteiger partial charge in [0.1, 0.15) is 0 Å². The quantitative estimate of drug-likeness (QED) is 0.500. The molecule has 2 atom stereocenters. The van der Waals surface area contributed by atoms with E-state index in [0.29, 0.717) is 17.9 Å². The fourth-order valence-electron chi connectivity index (χ4n) is 4.27. The Labute approximate surface area is 207 Å². The smallest absolute Gasteiger partial charge is 0.261 e. The van der Waals surface area contributed by atoms with E-state index in [1.807, 2.05) is 43.3 Å². The number of carbonyl (C=O) groups excluding carboxylic acids is 1. The lowest BCUT2D eigenvalue weighted by Gasteiger charge is -2.35. The minimum atomic E-state index is -3.84. The number of carbonyl (C=O) groups is 1. The first-order valence-corrected chi connectivity index (χ1v) is 13.1. The van der Waals surface area contributed by atoms with Crippen molar-refractivity contribution in [3.8, 4) is 0 Å². The number of aryl methyl sites for hydroxylation is 1. The molecule has 7 nitrogen and oxygen atoms in total. The molecule has 184 valence electrons. The molecule has 0 radical (unpaired) electrons. The number of amides is 1. The van der Waals surface area contributed by atoms with E-state index >= 15 is 0 Å². The summed E-state index contributed by atoms with van der Waals surface area (Å²) in [7, 11) is -3.84. The Morgan fingerprint density at radius 1 is 0.971 bits per heavy atom. The summed E-state index contributed by atoms with van der Waals surface area (Å²) in [6, 6.07) is 20.8. The first-order valence-electron chi connectivity index (χ1n) is 11.7. The summed E-state index contributed by atoms with van der Waals surface area (Å²) in [5.74, 6) is -0.367. The lowest BCUT2D eigenvalue weighted by Crippen LogP contribution is -2.44. The van der Waals surface area contributed by atoms with E-state index in [4.69, 9.17) is 4.74 Å². The van der Waals surface area contributed by atoms with Crippen LogP contribution in [0.1, 0.15) is 35.3 Å². The maximum atomic E-state index is 13.1. The second-order valence-corrected chi connectivity index (χ2v) is 10.7. The molecular formula is C27H31N3O4S. The highest BCUT2D eigenvalue weighted by molar-refractivity contribution is 7.92. The highest BCUT2D eigenvalue weighted by Crippen LogP contribution is 2.22. The van der Waals surface area contributed by atoms with Crippen molar-refractivity contribution in [3.05, 3.63) is 89.5 Å². The second kappa shape index (κ2) is 10.6. The van der Waals surface area contributed by atoms with Crippen molar-refractivity contribution in [1.82, 2.24) is 4.90 Å². The number of para-hydroxylation sites is 1. The van der Waals surface area contributed by atoms with Gasteiger partial charge in [-0.05, 0) is 62.7 Å². The molecule has 0 spiro atoms. The molecule has 35 heavy (non-hydrogen) atoms. The van der Waals surface area contributed by atoms with Gasteiger partial charge in [-0.1, -0.05) is 42.0 Å². The van der Waals surface area contributed by atoms with E-state index in [-0.39, 0.29) is 28.6 Å². The van der Waals surface area contributed by atoms with Crippen LogP contribution in [0, 0.1) is 6.92 Å². The Balaban J connectivity index is 1.49. The Morgan fingerprint density at radius 3 is 2.37 bits per heavy atom. The van der Waals surface area contributed by atoms with E-state index in [9.17, 15) is 13.2 Å². The number of nitrogens with one attached hydrogen (secondary N) is 2. The Kier molecular flexibility index (Phi) is 7.54. The van der Waals surface area contributed by atoms with Gasteiger partial charge in [-0.2, -0.15) is 0 Å². The first kappa shape index (κ1) is 24.9. The molecule has 0 bridgehead atoms. The lowest BCUT2D eigenvalue weighted by molar-refractivity contribution is -0.0704. The molecule has 1 heterocycles. The number of anilines is 2. The van der Waals surface area contributed by atoms with E-state index in [1.54, 1.807) is 24.3 Å². The fourth-order valence-corrected chi connectivity index (χ4v) is 5.37. The zero-order chi connectivity index (χ0) is 25.0. The third kappa shape index (κ3) is 6.48. The molecule has 0 saturated carbocycles. The third-order valence-corrected chi connectivity index (χ3v) is 7.24. The number of nitrogens with zero attached hydrogens (tertiary/aromatic N) is 1. The maximum Gasteiger partial charge on any atom is 0.261 e. The number of hydrogen-bond acceptors (Lipinski definition) is 5. The molecular weight excluding hydrogens is 462 g/mol. The number of hydrogen-bond donors (Lipinski definition) is 2. The molecule has 1 saturated heterocycles. The fraction of sp³-hybridized carbons (Fsp3) is 0.296. The van der Waals surface area contributed by atoms with Gasteiger partial charge in [0.05, 0.1) is 17.1 Å². The van der Waals surface area contributed by atoms with Crippen molar-refractivity contribution in [2.24, 2.45) is 0 Å². The summed E-state index contributed by atoms with van der Waals surface area (Å²) in [5.41, 5.74) is 3.46. The predicted molar refractivity (Wildman–Crippen MR) is 138 cm³/mol. The zero-order valence-corrected chi connectivity index (χ0v) is 21.0. The summed E-state index contributed by atoms with van der Waals surface area (Å²) in [6.07, 6.45) is 0.303. The van der Waals surface area contributed by atoms with Crippen LogP contribution in [-0.4, -0.2) is 44.5 Å². The van der Waals surface area contributed by atoms with Crippen LogP contribution in [0.5, 0.6) is 0 Å². The molecule has 8 heteroatoms. The van der Waals surface area contributed by atoms with Gasteiger partial charge in [0, 0.05) is 36.6 Å². The van der Waals surface area contributed by atoms with Crippen LogP contribution in [0.2, 0.25) is 0 Å². The highest BCUT2D eigenvalue weighted by atomic mass is 32.2. The molecule has 1 aliphatic heterocycles. The van der Waals surface area contributed by atoms with Gasteiger partial charge in [0.2, 0.25) is 0 Å². The van der Waals surface area contributed by atoms with E-state index in [0.717, 1.165) is 24.2 Å². The van der Waals surface area contributed by atoms with Crippen molar-refractivity contribution >= 4 is 27.3 Å². The van der Waals surface area contributed by atoms with Gasteiger partial charge in [0.25, 0.3) is 15.9 Å². The van der Waals surface area contributed by atoms with Gasteiger partial charge >= 0.3 is 0 Å². The van der Waals surface area contributed by atoms with Gasteiger partial charge in [-0.3, -0.25) is 14.4 Å². The molecule has 3 aromatic rings. The highest BCUT2D eigenvalue weighted by Gasteiger charge is 2.23. The third-order valence-electron chi connectivity index (χ3n) is 5.87. The van der Waals surface area contributed by atoms with Crippen LogP contribution in [0.15, 0.2) is 77.7 Å². The van der Waals surface area contributed by atoms with E-state index in [1.165, 1.54) is 12.1 Å². The number of sulfonamides is 1. The number of morpholine rings is 1. The summed E-state index contributed by atoms with van der Waals surface area (Å²) in [5, 5.41) is 2.96. The van der Waals surface area contributed by atoms with Crippen LogP contribution >= 0.6 is 0 Å². The van der Waals surface area contributed by atoms with Gasteiger partial charge in [0.15, 0.2) is 0 Å². The molecule has 1 amide bonds. The predicted octanol–water partition coefficient (Wildman–Crippen LogP) is 4.66. The molecule has 1 fully saturated rings. The molecule has 2 unspecified atom stereocenters. The van der Waals surface area contributed by atoms with Crippen molar-refractivity contribution in [1.29, 1.82) is 0 Å². The van der Waals surface area contributed by atoms with Crippen molar-refractivity contribution < 1.29 is 17.9 Å². The zero-order valence-electron chi connectivity index (χ0n) is 20.2. The average molecular weight is 494 g/mol. The molecule has 0 aromatic heterocycles. The summed E-state index contributed by atoms with van der Waals surface area (Å²) in [6.45, 7) is 8.38. The Morgan fingerprint density at radius 2 is 1.66 bits per heavy atom. The Hall–Kier alpha value is -3.20. The number of rotatable bonds is 7. The van der Waals surface area contributed by atoms with Gasteiger partial charge < -0.3 is 10.1 Å². The van der Waals surface area contributed by atoms with Crippen LogP contribution in [0.4, 0.5) is 11.4 Å². The van der Waals surface area contributed by atoms with Crippen molar-refractivity contribution in [3.63, 3.8) is 0 Å². The second-order valence-electron chi connectivity index (χ2n) is 9.06. The monoisotopic (exact) mass is 493 g/mol. The number of benzene rings is 3. The summed E-state index contributed by atoms with van der Waals surface area (Å²) in [4.78, 5) is 15.4. The summed E-state index contributed by atoms with van der Waals surface area (Å²) < 4.78 is 34.2. The van der Waals surface area contributed by atoms with Crippen LogP contribution in [0.3, 0.4) is 0 Å².